The average molecular weight is 295 g/mol. The highest BCUT2D eigenvalue weighted by molar-refractivity contribution is 6.29. The number of benzene rings is 1. The minimum absolute atomic E-state index is 0.112. The molecule has 0 aliphatic heterocycles. The maximum absolute atomic E-state index is 13.1. The van der Waals surface area contributed by atoms with Gasteiger partial charge < -0.3 is 9.52 Å². The predicted octanol–water partition coefficient (Wildman–Crippen LogP) is 4.17. The third kappa shape index (κ3) is 2.74. The number of aliphatic hydroxyl groups excluding tert-OH is 1. The van der Waals surface area contributed by atoms with Crippen LogP contribution in [0.5, 0.6) is 0 Å². The van der Waals surface area contributed by atoms with Crippen LogP contribution in [0.2, 0.25) is 5.22 Å². The molecule has 0 aliphatic rings. The van der Waals surface area contributed by atoms with Crippen molar-refractivity contribution in [3.8, 4) is 0 Å². The van der Waals surface area contributed by atoms with Gasteiger partial charge in [0.15, 0.2) is 5.22 Å². The number of halogens is 5. The van der Waals surface area contributed by atoms with Crippen molar-refractivity contribution in [2.45, 2.75) is 12.3 Å². The third-order valence-corrected chi connectivity index (χ3v) is 2.86. The summed E-state index contributed by atoms with van der Waals surface area (Å²) in [6.07, 6.45) is -5.07. The monoisotopic (exact) mass is 294 g/mol. The van der Waals surface area contributed by atoms with Crippen LogP contribution in [0.4, 0.5) is 17.6 Å². The standard InChI is InChI=1S/C12H7ClF4O2/c13-11-7(3-4-19-11)10(18)6-1-2-9(14)8(5-6)12(15,16)17/h1-5,10,18H. The van der Waals surface area contributed by atoms with Crippen LogP contribution in [0.25, 0.3) is 0 Å². The molecular weight excluding hydrogens is 288 g/mol. The van der Waals surface area contributed by atoms with E-state index in [1.54, 1.807) is 0 Å². The highest BCUT2D eigenvalue weighted by Crippen LogP contribution is 2.35. The van der Waals surface area contributed by atoms with E-state index in [9.17, 15) is 22.7 Å². The minimum Gasteiger partial charge on any atom is -0.453 e. The van der Waals surface area contributed by atoms with Gasteiger partial charge in [0, 0.05) is 5.56 Å². The first kappa shape index (κ1) is 13.9. The van der Waals surface area contributed by atoms with Gasteiger partial charge in [-0.15, -0.1) is 0 Å². The van der Waals surface area contributed by atoms with Crippen molar-refractivity contribution in [3.63, 3.8) is 0 Å². The van der Waals surface area contributed by atoms with Crippen LogP contribution >= 0.6 is 11.6 Å². The third-order valence-electron chi connectivity index (χ3n) is 2.55. The first-order valence-corrected chi connectivity index (χ1v) is 5.46. The Morgan fingerprint density at radius 1 is 1.21 bits per heavy atom. The second-order valence-corrected chi connectivity index (χ2v) is 4.13. The van der Waals surface area contributed by atoms with E-state index in [0.29, 0.717) is 12.1 Å². The fourth-order valence-electron chi connectivity index (χ4n) is 1.61. The van der Waals surface area contributed by atoms with Crippen molar-refractivity contribution in [2.75, 3.05) is 0 Å². The molecule has 1 aromatic heterocycles. The summed E-state index contributed by atoms with van der Waals surface area (Å²) in [5.74, 6) is -1.40. The maximum Gasteiger partial charge on any atom is 0.419 e. The Labute approximate surface area is 110 Å². The number of rotatable bonds is 2. The fraction of sp³-hybridized carbons (Fsp3) is 0.167. The van der Waals surface area contributed by atoms with Gasteiger partial charge in [-0.1, -0.05) is 6.07 Å². The van der Waals surface area contributed by atoms with Gasteiger partial charge in [-0.05, 0) is 35.4 Å². The van der Waals surface area contributed by atoms with Gasteiger partial charge in [-0.3, -0.25) is 0 Å². The minimum atomic E-state index is -4.83. The maximum atomic E-state index is 13.1. The van der Waals surface area contributed by atoms with Crippen LogP contribution in [0, 0.1) is 5.82 Å². The Morgan fingerprint density at radius 2 is 1.89 bits per heavy atom. The van der Waals surface area contributed by atoms with Crippen molar-refractivity contribution >= 4 is 11.6 Å². The van der Waals surface area contributed by atoms with Gasteiger partial charge in [0.1, 0.15) is 11.9 Å². The largest absolute Gasteiger partial charge is 0.453 e. The lowest BCUT2D eigenvalue weighted by atomic mass is 10.0. The molecule has 19 heavy (non-hydrogen) atoms. The van der Waals surface area contributed by atoms with E-state index in [1.165, 1.54) is 12.3 Å². The van der Waals surface area contributed by atoms with E-state index in [2.05, 4.69) is 0 Å². The molecule has 2 nitrogen and oxygen atoms in total. The summed E-state index contributed by atoms with van der Waals surface area (Å²) in [6.45, 7) is 0. The first-order chi connectivity index (χ1) is 8.80. The molecule has 2 aromatic rings. The van der Waals surface area contributed by atoms with Gasteiger partial charge in [0.25, 0.3) is 0 Å². The molecule has 2 rings (SSSR count). The van der Waals surface area contributed by atoms with Crippen LogP contribution in [-0.2, 0) is 6.18 Å². The number of hydrogen-bond donors (Lipinski definition) is 1. The number of alkyl halides is 3. The summed E-state index contributed by atoms with van der Waals surface area (Å²) in [4.78, 5) is 0. The molecule has 7 heteroatoms. The number of hydrogen-bond acceptors (Lipinski definition) is 2. The zero-order valence-electron chi connectivity index (χ0n) is 9.21. The van der Waals surface area contributed by atoms with Crippen molar-refractivity contribution < 1.29 is 27.1 Å². The quantitative estimate of drug-likeness (QED) is 0.843. The lowest BCUT2D eigenvalue weighted by molar-refractivity contribution is -0.140. The fourth-order valence-corrected chi connectivity index (χ4v) is 1.83. The van der Waals surface area contributed by atoms with Crippen LogP contribution in [-0.4, -0.2) is 5.11 Å². The second kappa shape index (κ2) is 4.86. The zero-order valence-corrected chi connectivity index (χ0v) is 9.97. The molecule has 0 bridgehead atoms. The summed E-state index contributed by atoms with van der Waals surface area (Å²) >= 11 is 5.62. The molecule has 0 radical (unpaired) electrons. The topological polar surface area (TPSA) is 33.4 Å². The molecule has 0 saturated heterocycles. The number of aliphatic hydroxyl groups is 1. The summed E-state index contributed by atoms with van der Waals surface area (Å²) in [6, 6.07) is 3.57. The lowest BCUT2D eigenvalue weighted by Crippen LogP contribution is -2.10. The average Bonchev–Trinajstić information content (AvgIpc) is 2.73. The van der Waals surface area contributed by atoms with E-state index >= 15 is 0 Å². The Kier molecular flexibility index (Phi) is 3.56. The van der Waals surface area contributed by atoms with Crippen molar-refractivity contribution in [2.24, 2.45) is 0 Å². The highest BCUT2D eigenvalue weighted by atomic mass is 35.5. The van der Waals surface area contributed by atoms with E-state index in [1.807, 2.05) is 0 Å². The molecule has 0 amide bonds. The molecule has 1 aromatic carbocycles. The molecule has 0 saturated carbocycles. The van der Waals surface area contributed by atoms with E-state index < -0.39 is 23.7 Å². The molecule has 1 N–H and O–H groups in total. The summed E-state index contributed by atoms with van der Waals surface area (Å²) in [5.41, 5.74) is -1.46. The Bertz CT molecular complexity index is 592. The zero-order chi connectivity index (χ0) is 14.2. The van der Waals surface area contributed by atoms with Gasteiger partial charge in [-0.2, -0.15) is 13.2 Å². The van der Waals surface area contributed by atoms with Gasteiger partial charge in [-0.25, -0.2) is 4.39 Å². The number of furan rings is 1. The van der Waals surface area contributed by atoms with Gasteiger partial charge in [0.05, 0.1) is 11.8 Å². The van der Waals surface area contributed by atoms with Crippen molar-refractivity contribution in [3.05, 3.63) is 58.3 Å². The first-order valence-electron chi connectivity index (χ1n) is 5.08. The highest BCUT2D eigenvalue weighted by Gasteiger charge is 2.34. The van der Waals surface area contributed by atoms with E-state index in [4.69, 9.17) is 16.0 Å². The van der Waals surface area contributed by atoms with Crippen molar-refractivity contribution in [1.29, 1.82) is 0 Å². The molecule has 0 spiro atoms. The smallest absolute Gasteiger partial charge is 0.419 e. The van der Waals surface area contributed by atoms with E-state index in [-0.39, 0.29) is 16.3 Å². The molecule has 1 unspecified atom stereocenters. The SMILES string of the molecule is OC(c1ccc(F)c(C(F)(F)F)c1)c1ccoc1Cl. The Hall–Kier alpha value is -1.53. The van der Waals surface area contributed by atoms with Crippen LogP contribution in [0.3, 0.4) is 0 Å². The lowest BCUT2D eigenvalue weighted by Gasteiger charge is -2.13. The second-order valence-electron chi connectivity index (χ2n) is 3.79. The summed E-state index contributed by atoms with van der Waals surface area (Å²) in [7, 11) is 0. The molecular formula is C12H7ClF4O2. The van der Waals surface area contributed by atoms with Gasteiger partial charge >= 0.3 is 6.18 Å². The molecule has 1 atom stereocenters. The van der Waals surface area contributed by atoms with Crippen LogP contribution in [0.1, 0.15) is 22.8 Å². The molecule has 102 valence electrons. The summed E-state index contributed by atoms with van der Waals surface area (Å²) < 4.78 is 55.5. The molecule has 0 aliphatic carbocycles. The van der Waals surface area contributed by atoms with Crippen molar-refractivity contribution in [1.82, 2.24) is 0 Å². The van der Waals surface area contributed by atoms with Crippen LogP contribution in [0.15, 0.2) is 34.9 Å². The summed E-state index contributed by atoms with van der Waals surface area (Å²) in [5, 5.41) is 9.77. The van der Waals surface area contributed by atoms with Crippen LogP contribution < -0.4 is 0 Å². The molecule has 1 heterocycles. The Balaban J connectivity index is 2.44. The Morgan fingerprint density at radius 3 is 2.42 bits per heavy atom. The predicted molar refractivity (Wildman–Crippen MR) is 59.2 cm³/mol. The van der Waals surface area contributed by atoms with Gasteiger partial charge in [0.2, 0.25) is 0 Å². The molecule has 0 fully saturated rings. The van der Waals surface area contributed by atoms with E-state index in [0.717, 1.165) is 6.07 Å². The normalized spacial score (nSPS) is 13.6.